The van der Waals surface area contributed by atoms with Crippen molar-refractivity contribution in [2.75, 3.05) is 38.1 Å². The molecule has 1 saturated heterocycles. The predicted octanol–water partition coefficient (Wildman–Crippen LogP) is 2.04. The van der Waals surface area contributed by atoms with Crippen LogP contribution in [0.25, 0.3) is 11.5 Å². The van der Waals surface area contributed by atoms with Gasteiger partial charge in [-0.25, -0.2) is 4.79 Å². The molecular formula is C18H25N5O3. The van der Waals surface area contributed by atoms with Crippen LogP contribution in [0.4, 0.5) is 10.5 Å². The number of likely N-dealkylation sites (tertiary alicyclic amines) is 1. The average molecular weight is 359 g/mol. The second-order valence-corrected chi connectivity index (χ2v) is 6.44. The zero-order valence-electron chi connectivity index (χ0n) is 15.2. The quantitative estimate of drug-likeness (QED) is 0.872. The molecule has 1 amide bonds. The van der Waals surface area contributed by atoms with E-state index in [2.05, 4.69) is 15.0 Å². The van der Waals surface area contributed by atoms with Crippen molar-refractivity contribution in [2.45, 2.75) is 25.9 Å². The van der Waals surface area contributed by atoms with Crippen LogP contribution >= 0.6 is 0 Å². The van der Waals surface area contributed by atoms with Crippen LogP contribution in [0.1, 0.15) is 18.7 Å². The Bertz CT molecular complexity index is 740. The van der Waals surface area contributed by atoms with E-state index in [1.54, 1.807) is 14.0 Å². The van der Waals surface area contributed by atoms with Crippen molar-refractivity contribution in [2.24, 2.45) is 5.73 Å². The summed E-state index contributed by atoms with van der Waals surface area (Å²) in [5.41, 5.74) is 6.96. The van der Waals surface area contributed by atoms with Gasteiger partial charge in [0.25, 0.3) is 5.89 Å². The highest BCUT2D eigenvalue weighted by atomic mass is 16.6. The summed E-state index contributed by atoms with van der Waals surface area (Å²) in [4.78, 5) is 20.6. The smallest absolute Gasteiger partial charge is 0.414 e. The van der Waals surface area contributed by atoms with Crippen LogP contribution in [0, 0.1) is 6.92 Å². The number of para-hydroxylation sites is 1. The Morgan fingerprint density at radius 1 is 1.38 bits per heavy atom. The number of rotatable bonds is 5. The van der Waals surface area contributed by atoms with Crippen LogP contribution in [-0.4, -0.2) is 60.5 Å². The molecule has 1 aromatic carbocycles. The molecule has 8 nitrogen and oxygen atoms in total. The normalized spacial score (nSPS) is 15.8. The minimum absolute atomic E-state index is 0.0724. The van der Waals surface area contributed by atoms with Crippen LogP contribution in [0.3, 0.4) is 0 Å². The molecule has 0 bridgehead atoms. The number of nitrogens with zero attached hydrogens (tertiary/aromatic N) is 4. The number of carbonyl (C=O) groups is 1. The molecule has 0 unspecified atom stereocenters. The van der Waals surface area contributed by atoms with E-state index in [1.165, 1.54) is 4.90 Å². The summed E-state index contributed by atoms with van der Waals surface area (Å²) < 4.78 is 10.9. The van der Waals surface area contributed by atoms with Crippen molar-refractivity contribution in [3.8, 4) is 11.5 Å². The van der Waals surface area contributed by atoms with E-state index < -0.39 is 0 Å². The molecule has 3 rings (SSSR count). The lowest BCUT2D eigenvalue weighted by Gasteiger charge is -2.32. The standard InChI is InChI=1S/C18H25N5O3/c1-13-20-17(26-21-13)15-5-3-4-6-16(15)22(2)18(24)25-14-7-10-23(11-8-14)12-9-19/h3-6,14H,7-12,19H2,1-2H3. The first-order valence-corrected chi connectivity index (χ1v) is 8.85. The molecule has 1 aliphatic rings. The fourth-order valence-electron chi connectivity index (χ4n) is 3.11. The third kappa shape index (κ3) is 4.20. The summed E-state index contributed by atoms with van der Waals surface area (Å²) >= 11 is 0. The van der Waals surface area contributed by atoms with Crippen LogP contribution in [0.15, 0.2) is 28.8 Å². The molecule has 1 aliphatic heterocycles. The van der Waals surface area contributed by atoms with E-state index in [0.717, 1.165) is 32.5 Å². The SMILES string of the molecule is Cc1noc(-c2ccccc2N(C)C(=O)OC2CCN(CCN)CC2)n1. The molecule has 2 N–H and O–H groups in total. The van der Waals surface area contributed by atoms with Crippen molar-refractivity contribution in [1.29, 1.82) is 0 Å². The maximum absolute atomic E-state index is 12.6. The van der Waals surface area contributed by atoms with Crippen LogP contribution in [-0.2, 0) is 4.74 Å². The topological polar surface area (TPSA) is 97.7 Å². The second-order valence-electron chi connectivity index (χ2n) is 6.44. The summed E-state index contributed by atoms with van der Waals surface area (Å²) in [6, 6.07) is 7.40. The molecule has 0 atom stereocenters. The Morgan fingerprint density at radius 2 is 2.12 bits per heavy atom. The van der Waals surface area contributed by atoms with E-state index in [1.807, 2.05) is 24.3 Å². The highest BCUT2D eigenvalue weighted by Crippen LogP contribution is 2.29. The molecule has 2 heterocycles. The van der Waals surface area contributed by atoms with E-state index in [0.29, 0.717) is 29.5 Å². The number of benzene rings is 1. The lowest BCUT2D eigenvalue weighted by atomic mass is 10.1. The maximum Gasteiger partial charge on any atom is 0.414 e. The van der Waals surface area contributed by atoms with Gasteiger partial charge in [-0.2, -0.15) is 4.98 Å². The first kappa shape index (κ1) is 18.3. The molecule has 2 aromatic rings. The third-order valence-electron chi connectivity index (χ3n) is 4.54. The van der Waals surface area contributed by atoms with Gasteiger partial charge in [0.1, 0.15) is 6.10 Å². The Kier molecular flexibility index (Phi) is 5.85. The zero-order chi connectivity index (χ0) is 18.5. The van der Waals surface area contributed by atoms with Gasteiger partial charge in [-0.3, -0.25) is 4.90 Å². The van der Waals surface area contributed by atoms with Gasteiger partial charge in [0, 0.05) is 33.2 Å². The lowest BCUT2D eigenvalue weighted by Crippen LogP contribution is -2.41. The Hall–Kier alpha value is -2.45. The number of anilines is 1. The molecule has 1 aromatic heterocycles. The van der Waals surface area contributed by atoms with Crippen molar-refractivity contribution < 1.29 is 14.1 Å². The summed E-state index contributed by atoms with van der Waals surface area (Å²) in [5, 5.41) is 3.82. The van der Waals surface area contributed by atoms with E-state index >= 15 is 0 Å². The number of aryl methyl sites for hydroxylation is 1. The highest BCUT2D eigenvalue weighted by Gasteiger charge is 2.25. The van der Waals surface area contributed by atoms with Gasteiger partial charge in [-0.05, 0) is 31.9 Å². The first-order chi connectivity index (χ1) is 12.6. The number of aromatic nitrogens is 2. The van der Waals surface area contributed by atoms with Gasteiger partial charge < -0.3 is 19.9 Å². The number of amides is 1. The molecule has 0 saturated carbocycles. The Labute approximate surface area is 152 Å². The van der Waals surface area contributed by atoms with Gasteiger partial charge in [-0.15, -0.1) is 0 Å². The van der Waals surface area contributed by atoms with Crippen molar-refractivity contribution in [1.82, 2.24) is 15.0 Å². The van der Waals surface area contributed by atoms with Gasteiger partial charge in [-0.1, -0.05) is 17.3 Å². The summed E-state index contributed by atoms with van der Waals surface area (Å²) in [6.07, 6.45) is 1.19. The summed E-state index contributed by atoms with van der Waals surface area (Å²) in [7, 11) is 1.69. The molecule has 0 aliphatic carbocycles. The Morgan fingerprint density at radius 3 is 2.77 bits per heavy atom. The van der Waals surface area contributed by atoms with E-state index in [-0.39, 0.29) is 12.2 Å². The lowest BCUT2D eigenvalue weighted by molar-refractivity contribution is 0.0564. The van der Waals surface area contributed by atoms with Crippen LogP contribution in [0.2, 0.25) is 0 Å². The fourth-order valence-corrected chi connectivity index (χ4v) is 3.11. The van der Waals surface area contributed by atoms with E-state index in [9.17, 15) is 4.79 Å². The van der Waals surface area contributed by atoms with Gasteiger partial charge in [0.05, 0.1) is 11.3 Å². The first-order valence-electron chi connectivity index (χ1n) is 8.85. The number of ether oxygens (including phenoxy) is 1. The third-order valence-corrected chi connectivity index (χ3v) is 4.54. The van der Waals surface area contributed by atoms with Crippen LogP contribution in [0.5, 0.6) is 0 Å². The van der Waals surface area contributed by atoms with Crippen LogP contribution < -0.4 is 10.6 Å². The van der Waals surface area contributed by atoms with E-state index in [4.69, 9.17) is 15.0 Å². The summed E-state index contributed by atoms with van der Waals surface area (Å²) in [6.45, 7) is 5.09. The molecule has 140 valence electrons. The van der Waals surface area contributed by atoms with Crippen molar-refractivity contribution >= 4 is 11.8 Å². The highest BCUT2D eigenvalue weighted by molar-refractivity contribution is 5.92. The molecule has 26 heavy (non-hydrogen) atoms. The molecule has 0 radical (unpaired) electrons. The minimum atomic E-state index is -0.383. The fraction of sp³-hybridized carbons (Fsp3) is 0.500. The minimum Gasteiger partial charge on any atom is -0.446 e. The van der Waals surface area contributed by atoms with Gasteiger partial charge in [0.15, 0.2) is 5.82 Å². The maximum atomic E-state index is 12.6. The number of piperidine rings is 1. The zero-order valence-corrected chi connectivity index (χ0v) is 15.2. The second kappa shape index (κ2) is 8.29. The van der Waals surface area contributed by atoms with Crippen molar-refractivity contribution in [3.05, 3.63) is 30.1 Å². The number of hydrogen-bond donors (Lipinski definition) is 1. The van der Waals surface area contributed by atoms with Gasteiger partial charge >= 0.3 is 6.09 Å². The average Bonchev–Trinajstić information content (AvgIpc) is 3.09. The molecular weight excluding hydrogens is 334 g/mol. The predicted molar refractivity (Wildman–Crippen MR) is 97.9 cm³/mol. The van der Waals surface area contributed by atoms with Crippen molar-refractivity contribution in [3.63, 3.8) is 0 Å². The largest absolute Gasteiger partial charge is 0.446 e. The Balaban J connectivity index is 1.66. The molecule has 1 fully saturated rings. The van der Waals surface area contributed by atoms with Gasteiger partial charge in [0.2, 0.25) is 0 Å². The molecule has 8 heteroatoms. The number of carbonyl (C=O) groups excluding carboxylic acids is 1. The molecule has 0 spiro atoms. The number of hydrogen-bond acceptors (Lipinski definition) is 7. The monoisotopic (exact) mass is 359 g/mol. The number of nitrogens with two attached hydrogens (primary N) is 1. The summed E-state index contributed by atoms with van der Waals surface area (Å²) in [5.74, 6) is 0.928.